The number of benzene rings is 3. The zero-order valence-corrected chi connectivity index (χ0v) is 28.3. The van der Waals surface area contributed by atoms with E-state index in [2.05, 4.69) is 51.3 Å². The Balaban J connectivity index is 0.000000300. The van der Waals surface area contributed by atoms with E-state index in [4.69, 9.17) is 20.6 Å². The van der Waals surface area contributed by atoms with Gasteiger partial charge in [0.2, 0.25) is 5.91 Å². The number of ether oxygens (including phenoxy) is 1. The Morgan fingerprint density at radius 3 is 2.35 bits per heavy atom. The number of fused-ring (bicyclic) bond motifs is 3. The monoisotopic (exact) mass is 628 g/mol. The van der Waals surface area contributed by atoms with E-state index in [0.717, 1.165) is 59.0 Å². The number of aryl methyl sites for hydroxylation is 2. The fraction of sp³-hybridized carbons (Fsp3) is 0.333. The summed E-state index contributed by atoms with van der Waals surface area (Å²) < 4.78 is 7.50. The molecule has 0 saturated heterocycles. The molecule has 4 aromatic rings. The summed E-state index contributed by atoms with van der Waals surface area (Å²) in [5.74, 6) is 2.64. The number of carbonyl (C=O) groups is 1. The predicted octanol–water partition coefficient (Wildman–Crippen LogP) is 5.66. The molecule has 3 aromatic carbocycles. The molecule has 1 aliphatic heterocycles. The molecule has 1 aromatic heterocycles. The number of nitrogens with zero attached hydrogens (tertiary/aromatic N) is 4. The number of aromatic hydroxyl groups is 1. The predicted molar refractivity (Wildman–Crippen MR) is 186 cm³/mol. The second-order valence-electron chi connectivity index (χ2n) is 10.1. The Morgan fingerprint density at radius 1 is 1.04 bits per heavy atom. The van der Waals surface area contributed by atoms with Crippen molar-refractivity contribution in [3.63, 3.8) is 0 Å². The maximum Gasteiger partial charge on any atom is 0.216 e. The standard InChI is InChI=1S/C19H18N4O.C14H20N2O2.C2H6.CH4O/c1-12-4-6-14(7-5-12)19-16-10-15(24-3)8-9-17(16)23-13(2)21-22-18(23)11-20-19;1-3-4-13(15)12-6-5-11(9-14(12)18)7-8-16-10(2)17;2*1-2/h4-10H,11H2,1-3H3;4-6,9,18H,3,7-8,15H2,1-2H3,(H,16,17);1-2H3;2H,1H3/b;13-4-;;. The van der Waals surface area contributed by atoms with Crippen molar-refractivity contribution in [3.8, 4) is 17.2 Å². The number of amides is 1. The summed E-state index contributed by atoms with van der Waals surface area (Å²) >= 11 is 0. The lowest BCUT2D eigenvalue weighted by molar-refractivity contribution is -0.118. The van der Waals surface area contributed by atoms with Crippen molar-refractivity contribution in [1.82, 2.24) is 20.1 Å². The third-order valence-electron chi connectivity index (χ3n) is 6.88. The first-order chi connectivity index (χ1) is 22.2. The van der Waals surface area contributed by atoms with Gasteiger partial charge < -0.3 is 26.0 Å². The van der Waals surface area contributed by atoms with E-state index < -0.39 is 0 Å². The molecule has 0 fully saturated rings. The molecule has 0 radical (unpaired) electrons. The van der Waals surface area contributed by atoms with Crippen molar-refractivity contribution >= 4 is 17.3 Å². The van der Waals surface area contributed by atoms with Crippen LogP contribution < -0.4 is 15.8 Å². The number of carbonyl (C=O) groups excluding carboxylic acids is 1. The van der Waals surface area contributed by atoms with Crippen LogP contribution in [-0.2, 0) is 17.8 Å². The molecule has 46 heavy (non-hydrogen) atoms. The molecule has 0 bridgehead atoms. The average Bonchev–Trinajstić information content (AvgIpc) is 3.34. The van der Waals surface area contributed by atoms with Crippen LogP contribution in [0.4, 0.5) is 0 Å². The van der Waals surface area contributed by atoms with E-state index in [-0.39, 0.29) is 11.7 Å². The first kappa shape index (κ1) is 37.2. The first-order valence-corrected chi connectivity index (χ1v) is 15.4. The molecule has 1 amide bonds. The number of rotatable bonds is 7. The molecule has 0 aliphatic carbocycles. The molecule has 0 spiro atoms. The topological polar surface area (TPSA) is 148 Å². The number of aliphatic hydroxyl groups is 1. The van der Waals surface area contributed by atoms with Gasteiger partial charge in [-0.2, -0.15) is 0 Å². The van der Waals surface area contributed by atoms with Crippen molar-refractivity contribution in [1.29, 1.82) is 0 Å². The fourth-order valence-corrected chi connectivity index (χ4v) is 4.73. The van der Waals surface area contributed by atoms with E-state index in [9.17, 15) is 9.90 Å². The molecule has 0 unspecified atom stereocenters. The number of hydrogen-bond donors (Lipinski definition) is 4. The third kappa shape index (κ3) is 9.77. The van der Waals surface area contributed by atoms with Crippen LogP contribution in [-0.4, -0.2) is 57.4 Å². The van der Waals surface area contributed by atoms with Crippen LogP contribution in [0.15, 0.2) is 71.7 Å². The van der Waals surface area contributed by atoms with E-state index >= 15 is 0 Å². The lowest BCUT2D eigenvalue weighted by Crippen LogP contribution is -2.22. The van der Waals surface area contributed by atoms with Gasteiger partial charge in [0.1, 0.15) is 23.9 Å². The van der Waals surface area contributed by atoms with Gasteiger partial charge in [-0.25, -0.2) is 0 Å². The lowest BCUT2D eigenvalue weighted by Gasteiger charge is -2.14. The van der Waals surface area contributed by atoms with Gasteiger partial charge in [0.05, 0.1) is 18.5 Å². The van der Waals surface area contributed by atoms with Crippen molar-refractivity contribution in [2.45, 2.75) is 60.9 Å². The van der Waals surface area contributed by atoms with Gasteiger partial charge in [-0.3, -0.25) is 14.4 Å². The van der Waals surface area contributed by atoms with Crippen LogP contribution in [0, 0.1) is 13.8 Å². The lowest BCUT2D eigenvalue weighted by atomic mass is 9.99. The minimum Gasteiger partial charge on any atom is -0.507 e. The number of aliphatic hydroxyl groups excluding tert-OH is 1. The van der Waals surface area contributed by atoms with Gasteiger partial charge in [0, 0.05) is 43.0 Å². The van der Waals surface area contributed by atoms with Crippen LogP contribution >= 0.6 is 0 Å². The number of methoxy groups -OCH3 is 1. The van der Waals surface area contributed by atoms with E-state index in [0.29, 0.717) is 30.8 Å². The number of hydrogen-bond acceptors (Lipinski definition) is 8. The van der Waals surface area contributed by atoms with E-state index in [1.54, 1.807) is 19.2 Å². The van der Waals surface area contributed by atoms with Gasteiger partial charge in [0.25, 0.3) is 0 Å². The molecule has 246 valence electrons. The number of nitrogens with one attached hydrogen (secondary N) is 1. The average molecular weight is 629 g/mol. The number of aliphatic imine (C=N–C) groups is 1. The number of nitrogens with two attached hydrogens (primary N) is 1. The molecule has 0 saturated carbocycles. The van der Waals surface area contributed by atoms with Gasteiger partial charge in [-0.15, -0.1) is 10.2 Å². The quantitative estimate of drug-likeness (QED) is 0.206. The summed E-state index contributed by atoms with van der Waals surface area (Å²) in [6.07, 6.45) is 3.38. The highest BCUT2D eigenvalue weighted by atomic mass is 16.5. The van der Waals surface area contributed by atoms with Gasteiger partial charge >= 0.3 is 0 Å². The van der Waals surface area contributed by atoms with Gasteiger partial charge in [0.15, 0.2) is 5.82 Å². The van der Waals surface area contributed by atoms with Crippen molar-refractivity contribution in [2.24, 2.45) is 10.7 Å². The summed E-state index contributed by atoms with van der Waals surface area (Å²) in [5.41, 5.74) is 13.4. The maximum atomic E-state index is 10.7. The SMILES string of the molecule is CC.CC/C=C(\N)c1ccc(CCNC(C)=O)cc1O.CO.COc1ccc2c(c1)C(c1ccc(C)cc1)=NCc1nnc(C)n1-2. The van der Waals surface area contributed by atoms with Crippen molar-refractivity contribution in [3.05, 3.63) is 106 Å². The van der Waals surface area contributed by atoms with Gasteiger partial charge in [-0.05, 0) is 62.6 Å². The molecule has 5 rings (SSSR count). The number of phenolic OH excluding ortho intramolecular Hbond substituents is 1. The highest BCUT2D eigenvalue weighted by molar-refractivity contribution is 6.15. The molecule has 2 heterocycles. The number of allylic oxidation sites excluding steroid dienone is 1. The minimum atomic E-state index is -0.0500. The summed E-state index contributed by atoms with van der Waals surface area (Å²) in [5, 5.41) is 28.1. The number of phenols is 1. The third-order valence-corrected chi connectivity index (χ3v) is 6.88. The summed E-state index contributed by atoms with van der Waals surface area (Å²) in [6.45, 7) is 12.6. The Kier molecular flexibility index (Phi) is 15.2. The zero-order chi connectivity index (χ0) is 34.2. The largest absolute Gasteiger partial charge is 0.507 e. The van der Waals surface area contributed by atoms with Crippen LogP contribution in [0.5, 0.6) is 11.5 Å². The molecular formula is C36H48N6O4. The first-order valence-electron chi connectivity index (χ1n) is 15.4. The highest BCUT2D eigenvalue weighted by Crippen LogP contribution is 2.29. The number of aromatic nitrogens is 3. The molecule has 10 nitrogen and oxygen atoms in total. The second-order valence-corrected chi connectivity index (χ2v) is 10.1. The van der Waals surface area contributed by atoms with Crippen LogP contribution in [0.3, 0.4) is 0 Å². The highest BCUT2D eigenvalue weighted by Gasteiger charge is 2.22. The Bertz CT molecular complexity index is 1620. The summed E-state index contributed by atoms with van der Waals surface area (Å²) in [4.78, 5) is 15.6. The Labute approximate surface area is 272 Å². The Hall–Kier alpha value is -4.96. The van der Waals surface area contributed by atoms with E-state index in [1.807, 2.05) is 58.0 Å². The maximum absolute atomic E-state index is 10.7. The molecule has 5 N–H and O–H groups in total. The molecule has 10 heteroatoms. The smallest absolute Gasteiger partial charge is 0.216 e. The summed E-state index contributed by atoms with van der Waals surface area (Å²) in [7, 11) is 2.68. The van der Waals surface area contributed by atoms with E-state index in [1.165, 1.54) is 12.5 Å². The van der Waals surface area contributed by atoms with Crippen LogP contribution in [0.2, 0.25) is 0 Å². The minimum absolute atomic E-state index is 0.0500. The van der Waals surface area contributed by atoms with Gasteiger partial charge in [-0.1, -0.05) is 62.7 Å². The molecular weight excluding hydrogens is 580 g/mol. The fourth-order valence-electron chi connectivity index (χ4n) is 4.73. The van der Waals surface area contributed by atoms with Crippen LogP contribution in [0.1, 0.15) is 73.6 Å². The van der Waals surface area contributed by atoms with Crippen molar-refractivity contribution < 1.29 is 19.7 Å². The zero-order valence-electron chi connectivity index (χ0n) is 28.3. The second kappa shape index (κ2) is 18.8. The molecule has 0 atom stereocenters. The van der Waals surface area contributed by atoms with Crippen LogP contribution in [0.25, 0.3) is 11.4 Å². The summed E-state index contributed by atoms with van der Waals surface area (Å²) in [6, 6.07) is 19.9. The normalized spacial score (nSPS) is 11.4. The molecule has 1 aliphatic rings. The van der Waals surface area contributed by atoms with Crippen molar-refractivity contribution in [2.75, 3.05) is 20.8 Å². The Morgan fingerprint density at radius 2 is 1.74 bits per heavy atom.